The van der Waals surface area contributed by atoms with Crippen molar-refractivity contribution >= 4 is 34.6 Å². The van der Waals surface area contributed by atoms with E-state index in [0.29, 0.717) is 5.69 Å². The largest absolute Gasteiger partial charge is 0.376 e. The molecule has 5 nitrogen and oxygen atoms in total. The Bertz CT molecular complexity index is 464. The minimum atomic E-state index is -0.514. The summed E-state index contributed by atoms with van der Waals surface area (Å²) < 4.78 is 0. The zero-order valence-electron chi connectivity index (χ0n) is 9.80. The Labute approximate surface area is 115 Å². The highest BCUT2D eigenvalue weighted by Crippen LogP contribution is 2.37. The Morgan fingerprint density at radius 2 is 2.06 bits per heavy atom. The Hall–Kier alpha value is -1.04. The van der Waals surface area contributed by atoms with Gasteiger partial charge in [0.1, 0.15) is 0 Å². The molecule has 0 aromatic heterocycles. The maximum Gasteiger partial charge on any atom is 0.272 e. The number of nitrogens with zero attached hydrogens (tertiary/aromatic N) is 1. The number of nitrogens with one attached hydrogen (secondary N) is 2. The molecule has 2 rings (SSSR count). The minimum absolute atomic E-state index is 0.106. The lowest BCUT2D eigenvalue weighted by molar-refractivity contribution is -0.384. The van der Waals surface area contributed by atoms with Crippen molar-refractivity contribution in [3.8, 4) is 0 Å². The number of anilines is 1. The molecule has 1 atom stereocenters. The van der Waals surface area contributed by atoms with Crippen molar-refractivity contribution in [1.29, 1.82) is 0 Å². The number of non-ortho nitro benzene ring substituents is 1. The topological polar surface area (TPSA) is 67.2 Å². The number of nitro groups is 1. The van der Waals surface area contributed by atoms with Crippen LogP contribution in [0.15, 0.2) is 12.1 Å². The Balaban J connectivity index is 2.31. The Kier molecular flexibility index (Phi) is 3.66. The fourth-order valence-corrected chi connectivity index (χ4v) is 2.58. The van der Waals surface area contributed by atoms with E-state index in [1.807, 2.05) is 0 Å². The second kappa shape index (κ2) is 4.91. The van der Waals surface area contributed by atoms with Gasteiger partial charge in [-0.15, -0.1) is 0 Å². The van der Waals surface area contributed by atoms with Gasteiger partial charge in [0.25, 0.3) is 5.69 Å². The molecular weight excluding hydrogens is 277 g/mol. The third-order valence-electron chi connectivity index (χ3n) is 3.03. The lowest BCUT2D eigenvalue weighted by atomic mass is 10.0. The minimum Gasteiger partial charge on any atom is -0.376 e. The van der Waals surface area contributed by atoms with E-state index in [1.54, 1.807) is 0 Å². The van der Waals surface area contributed by atoms with Crippen molar-refractivity contribution in [3.63, 3.8) is 0 Å². The van der Waals surface area contributed by atoms with E-state index in [9.17, 15) is 10.1 Å². The van der Waals surface area contributed by atoms with E-state index in [2.05, 4.69) is 17.6 Å². The van der Waals surface area contributed by atoms with E-state index in [0.717, 1.165) is 19.5 Å². The van der Waals surface area contributed by atoms with Crippen LogP contribution in [0.5, 0.6) is 0 Å². The van der Waals surface area contributed by atoms with Crippen LogP contribution >= 0.6 is 23.2 Å². The number of halogens is 2. The fourth-order valence-electron chi connectivity index (χ4n) is 2.01. The molecule has 1 saturated heterocycles. The molecule has 1 aliphatic heterocycles. The molecule has 7 heteroatoms. The molecule has 0 amide bonds. The van der Waals surface area contributed by atoms with Gasteiger partial charge >= 0.3 is 0 Å². The van der Waals surface area contributed by atoms with Gasteiger partial charge in [-0.05, 0) is 19.9 Å². The summed E-state index contributed by atoms with van der Waals surface area (Å²) in [5.74, 6) is 0. The molecule has 1 fully saturated rings. The zero-order chi connectivity index (χ0) is 13.3. The van der Waals surface area contributed by atoms with Gasteiger partial charge in [0, 0.05) is 24.2 Å². The first-order chi connectivity index (χ1) is 8.41. The van der Waals surface area contributed by atoms with E-state index in [-0.39, 0.29) is 21.3 Å². The molecule has 1 aromatic carbocycles. The van der Waals surface area contributed by atoms with Crippen molar-refractivity contribution in [1.82, 2.24) is 5.32 Å². The lowest BCUT2D eigenvalue weighted by Gasteiger charge is -2.27. The quantitative estimate of drug-likeness (QED) is 0.663. The molecule has 0 bridgehead atoms. The first kappa shape index (κ1) is 13.4. The summed E-state index contributed by atoms with van der Waals surface area (Å²) in [5, 5.41) is 17.7. The number of benzene rings is 1. The molecule has 0 aliphatic carbocycles. The van der Waals surface area contributed by atoms with Gasteiger partial charge < -0.3 is 10.6 Å². The van der Waals surface area contributed by atoms with Crippen LogP contribution in [0.2, 0.25) is 10.0 Å². The van der Waals surface area contributed by atoms with E-state index < -0.39 is 4.92 Å². The number of nitro benzene ring substituents is 1. The van der Waals surface area contributed by atoms with Crippen molar-refractivity contribution < 1.29 is 4.92 Å². The molecule has 1 aliphatic rings. The summed E-state index contributed by atoms with van der Waals surface area (Å²) in [7, 11) is 0. The molecule has 18 heavy (non-hydrogen) atoms. The predicted octanol–water partition coefficient (Wildman–Crippen LogP) is 3.07. The van der Waals surface area contributed by atoms with Crippen molar-refractivity contribution in [3.05, 3.63) is 32.3 Å². The van der Waals surface area contributed by atoms with Crippen LogP contribution < -0.4 is 10.6 Å². The summed E-state index contributed by atoms with van der Waals surface area (Å²) in [5.41, 5.74) is 0.309. The number of hydrogen-bond acceptors (Lipinski definition) is 4. The van der Waals surface area contributed by atoms with Crippen molar-refractivity contribution in [2.24, 2.45) is 0 Å². The van der Waals surface area contributed by atoms with Crippen LogP contribution in [-0.2, 0) is 0 Å². The van der Waals surface area contributed by atoms with Gasteiger partial charge in [0.05, 0.1) is 20.7 Å². The molecule has 1 heterocycles. The summed E-state index contributed by atoms with van der Waals surface area (Å²) in [6.07, 6.45) is 0.941. The lowest BCUT2D eigenvalue weighted by Crippen LogP contribution is -2.37. The summed E-state index contributed by atoms with van der Waals surface area (Å²) in [6.45, 7) is 3.78. The van der Waals surface area contributed by atoms with Gasteiger partial charge in [-0.25, -0.2) is 0 Å². The van der Waals surface area contributed by atoms with Gasteiger partial charge in [-0.1, -0.05) is 23.2 Å². The first-order valence-corrected chi connectivity index (χ1v) is 6.29. The fraction of sp³-hybridized carbons (Fsp3) is 0.455. The van der Waals surface area contributed by atoms with E-state index in [4.69, 9.17) is 23.2 Å². The Morgan fingerprint density at radius 3 is 2.50 bits per heavy atom. The van der Waals surface area contributed by atoms with Crippen LogP contribution in [0, 0.1) is 10.1 Å². The van der Waals surface area contributed by atoms with Crippen LogP contribution in [-0.4, -0.2) is 23.6 Å². The molecule has 2 N–H and O–H groups in total. The van der Waals surface area contributed by atoms with Gasteiger partial charge in [0.15, 0.2) is 0 Å². The van der Waals surface area contributed by atoms with E-state index >= 15 is 0 Å². The highest BCUT2D eigenvalue weighted by molar-refractivity contribution is 6.39. The third kappa shape index (κ3) is 2.68. The van der Waals surface area contributed by atoms with Crippen LogP contribution in [0.4, 0.5) is 11.4 Å². The summed E-state index contributed by atoms with van der Waals surface area (Å²) in [4.78, 5) is 10.2. The smallest absolute Gasteiger partial charge is 0.272 e. The van der Waals surface area contributed by atoms with Gasteiger partial charge in [-0.3, -0.25) is 10.1 Å². The van der Waals surface area contributed by atoms with Crippen molar-refractivity contribution in [2.75, 3.05) is 18.4 Å². The second-order valence-corrected chi connectivity index (χ2v) is 5.47. The zero-order valence-corrected chi connectivity index (χ0v) is 11.3. The SMILES string of the molecule is CC1(Nc2c(Cl)cc([N+](=O)[O-])cc2Cl)CCNC1. The Morgan fingerprint density at radius 1 is 1.44 bits per heavy atom. The van der Waals surface area contributed by atoms with Crippen LogP contribution in [0.25, 0.3) is 0 Å². The highest BCUT2D eigenvalue weighted by Gasteiger charge is 2.30. The maximum atomic E-state index is 10.7. The maximum absolute atomic E-state index is 10.7. The standard InChI is InChI=1S/C11H13Cl2N3O2/c1-11(2-3-14-6-11)15-10-8(12)4-7(16(17)18)5-9(10)13/h4-5,14-15H,2-3,6H2,1H3. The predicted molar refractivity (Wildman–Crippen MR) is 72.6 cm³/mol. The van der Waals surface area contributed by atoms with Crippen molar-refractivity contribution in [2.45, 2.75) is 18.9 Å². The highest BCUT2D eigenvalue weighted by atomic mass is 35.5. The molecule has 1 aromatic rings. The normalized spacial score (nSPS) is 23.1. The molecular formula is C11H13Cl2N3O2. The van der Waals surface area contributed by atoms with Gasteiger partial charge in [-0.2, -0.15) is 0 Å². The average molecular weight is 290 g/mol. The molecule has 0 saturated carbocycles. The van der Waals surface area contributed by atoms with Crippen LogP contribution in [0.3, 0.4) is 0 Å². The number of hydrogen-bond donors (Lipinski definition) is 2. The average Bonchev–Trinajstić information content (AvgIpc) is 2.70. The van der Waals surface area contributed by atoms with Crippen LogP contribution in [0.1, 0.15) is 13.3 Å². The number of rotatable bonds is 3. The van der Waals surface area contributed by atoms with E-state index in [1.165, 1.54) is 12.1 Å². The molecule has 1 unspecified atom stereocenters. The monoisotopic (exact) mass is 289 g/mol. The summed E-state index contributed by atoms with van der Waals surface area (Å²) >= 11 is 12.1. The second-order valence-electron chi connectivity index (χ2n) is 4.65. The third-order valence-corrected chi connectivity index (χ3v) is 3.63. The first-order valence-electron chi connectivity index (χ1n) is 5.54. The molecule has 0 spiro atoms. The summed E-state index contributed by atoms with van der Waals surface area (Å²) in [6, 6.07) is 2.61. The van der Waals surface area contributed by atoms with Gasteiger partial charge in [0.2, 0.25) is 0 Å². The molecule has 98 valence electrons. The molecule has 0 radical (unpaired) electrons.